The molecule has 0 N–H and O–H groups in total. The quantitative estimate of drug-likeness (QED) is 0.570. The molecule has 0 aromatic carbocycles. The van der Waals surface area contributed by atoms with Gasteiger partial charge in [-0.3, -0.25) is 9.78 Å². The molecule has 0 aliphatic carbocycles. The van der Waals surface area contributed by atoms with Crippen molar-refractivity contribution in [2.75, 3.05) is 0 Å². The number of nitrogens with zero attached hydrogens (tertiary/aromatic N) is 1. The summed E-state index contributed by atoms with van der Waals surface area (Å²) < 4.78 is 0. The summed E-state index contributed by atoms with van der Waals surface area (Å²) in [5.41, 5.74) is 1.79. The van der Waals surface area contributed by atoms with Gasteiger partial charge in [0.05, 0.1) is 0 Å². The highest BCUT2D eigenvalue weighted by Crippen LogP contribution is 2.14. The Bertz CT molecular complexity index is 379. The van der Waals surface area contributed by atoms with Gasteiger partial charge in [-0.05, 0) is 25.0 Å². The van der Waals surface area contributed by atoms with E-state index in [2.05, 4.69) is 25.8 Å². The molecular weight excluding hydrogens is 198 g/mol. The van der Waals surface area contributed by atoms with E-state index in [1.807, 2.05) is 25.1 Å². The Morgan fingerprint density at radius 1 is 1.31 bits per heavy atom. The van der Waals surface area contributed by atoms with Crippen LogP contribution in [0.1, 0.15) is 38.2 Å². The van der Waals surface area contributed by atoms with Crippen molar-refractivity contribution in [3.8, 4) is 0 Å². The molecule has 0 bridgehead atoms. The van der Waals surface area contributed by atoms with E-state index >= 15 is 0 Å². The monoisotopic (exact) mass is 217 g/mol. The van der Waals surface area contributed by atoms with Crippen LogP contribution in [0.25, 0.3) is 0 Å². The number of rotatable bonds is 4. The Kier molecular flexibility index (Phi) is 4.41. The Morgan fingerprint density at radius 2 is 2.00 bits per heavy atom. The maximum atomic E-state index is 12.0. The number of allylic oxidation sites excluding steroid dienone is 2. The van der Waals surface area contributed by atoms with Gasteiger partial charge in [-0.1, -0.05) is 38.5 Å². The molecule has 1 rings (SSSR count). The number of ketones is 1. The lowest BCUT2D eigenvalue weighted by Gasteiger charge is -2.09. The Hall–Kier alpha value is -1.44. The van der Waals surface area contributed by atoms with E-state index in [1.54, 1.807) is 12.3 Å². The highest BCUT2D eigenvalue weighted by Gasteiger charge is 2.14. The number of carbonyl (C=O) groups is 1. The van der Waals surface area contributed by atoms with E-state index in [1.165, 1.54) is 5.57 Å². The minimum absolute atomic E-state index is 0.0839. The van der Waals surface area contributed by atoms with Gasteiger partial charge >= 0.3 is 0 Å². The summed E-state index contributed by atoms with van der Waals surface area (Å²) in [4.78, 5) is 16.1. The van der Waals surface area contributed by atoms with Gasteiger partial charge in [-0.25, -0.2) is 0 Å². The van der Waals surface area contributed by atoms with E-state index in [9.17, 15) is 4.79 Å². The molecule has 0 fully saturated rings. The summed E-state index contributed by atoms with van der Waals surface area (Å²) in [5, 5.41) is 0. The van der Waals surface area contributed by atoms with E-state index in [4.69, 9.17) is 0 Å². The van der Waals surface area contributed by atoms with Gasteiger partial charge in [0, 0.05) is 12.1 Å². The minimum atomic E-state index is -0.0997. The lowest BCUT2D eigenvalue weighted by atomic mass is 9.96. The molecule has 16 heavy (non-hydrogen) atoms. The normalized spacial score (nSPS) is 13.9. The van der Waals surface area contributed by atoms with E-state index < -0.39 is 0 Å². The fraction of sp³-hybridized carbons (Fsp3) is 0.429. The van der Waals surface area contributed by atoms with Gasteiger partial charge in [-0.2, -0.15) is 0 Å². The smallest absolute Gasteiger partial charge is 0.187 e. The molecule has 0 unspecified atom stereocenters. The molecule has 0 aliphatic rings. The number of aromatic nitrogens is 1. The van der Waals surface area contributed by atoms with Crippen LogP contribution >= 0.6 is 0 Å². The van der Waals surface area contributed by atoms with Crippen LogP contribution in [0.3, 0.4) is 0 Å². The van der Waals surface area contributed by atoms with Crippen LogP contribution < -0.4 is 0 Å². The molecule has 0 saturated carbocycles. The molecule has 1 atom stereocenters. The molecule has 0 radical (unpaired) electrons. The maximum absolute atomic E-state index is 12.0. The first-order valence-electron chi connectivity index (χ1n) is 5.66. The minimum Gasteiger partial charge on any atom is -0.292 e. The number of carbonyl (C=O) groups excluding carboxylic acids is 1. The van der Waals surface area contributed by atoms with Crippen molar-refractivity contribution < 1.29 is 4.79 Å². The third-order valence-electron chi connectivity index (χ3n) is 2.75. The lowest BCUT2D eigenvalue weighted by Crippen LogP contribution is -2.11. The Morgan fingerprint density at radius 3 is 2.50 bits per heavy atom. The Labute approximate surface area is 97.4 Å². The number of hydrogen-bond acceptors (Lipinski definition) is 2. The molecule has 0 aliphatic heterocycles. The fourth-order valence-corrected chi connectivity index (χ4v) is 1.40. The summed E-state index contributed by atoms with van der Waals surface area (Å²) in [6.45, 7) is 8.24. The lowest BCUT2D eigenvalue weighted by molar-refractivity contribution is 0.0947. The van der Waals surface area contributed by atoms with Gasteiger partial charge in [0.1, 0.15) is 5.69 Å². The van der Waals surface area contributed by atoms with Gasteiger partial charge in [-0.15, -0.1) is 0 Å². The van der Waals surface area contributed by atoms with Crippen molar-refractivity contribution in [1.29, 1.82) is 0 Å². The summed E-state index contributed by atoms with van der Waals surface area (Å²) >= 11 is 0. The van der Waals surface area contributed by atoms with Gasteiger partial charge in [0.15, 0.2) is 5.78 Å². The highest BCUT2D eigenvalue weighted by molar-refractivity contribution is 5.96. The average Bonchev–Trinajstić information content (AvgIpc) is 2.28. The number of hydrogen-bond donors (Lipinski definition) is 0. The second-order valence-electron chi connectivity index (χ2n) is 4.43. The van der Waals surface area contributed by atoms with Gasteiger partial charge < -0.3 is 0 Å². The summed E-state index contributed by atoms with van der Waals surface area (Å²) in [6.07, 6.45) is 3.68. The first-order chi connectivity index (χ1) is 7.52. The second kappa shape index (κ2) is 5.59. The highest BCUT2D eigenvalue weighted by atomic mass is 16.1. The van der Waals surface area contributed by atoms with E-state index in [0.29, 0.717) is 11.6 Å². The fourth-order valence-electron chi connectivity index (χ4n) is 1.40. The van der Waals surface area contributed by atoms with Crippen molar-refractivity contribution in [2.24, 2.45) is 11.8 Å². The van der Waals surface area contributed by atoms with Crippen LogP contribution in [-0.4, -0.2) is 10.8 Å². The zero-order valence-electron chi connectivity index (χ0n) is 10.4. The molecular formula is C14H19NO. The molecule has 2 nitrogen and oxygen atoms in total. The molecule has 86 valence electrons. The van der Waals surface area contributed by atoms with Crippen LogP contribution in [0.5, 0.6) is 0 Å². The van der Waals surface area contributed by atoms with Crippen LogP contribution in [0.15, 0.2) is 36.0 Å². The van der Waals surface area contributed by atoms with Crippen molar-refractivity contribution in [2.45, 2.75) is 27.7 Å². The van der Waals surface area contributed by atoms with E-state index in [0.717, 1.165) is 0 Å². The van der Waals surface area contributed by atoms with Gasteiger partial charge in [0.2, 0.25) is 0 Å². The molecule has 0 saturated heterocycles. The molecule has 0 amide bonds. The topological polar surface area (TPSA) is 30.0 Å². The molecule has 0 spiro atoms. The largest absolute Gasteiger partial charge is 0.292 e. The first-order valence-corrected chi connectivity index (χ1v) is 5.66. The van der Waals surface area contributed by atoms with Crippen molar-refractivity contribution in [3.05, 3.63) is 41.7 Å². The predicted octanol–water partition coefficient (Wildman–Crippen LogP) is 3.50. The molecule has 1 heterocycles. The summed E-state index contributed by atoms with van der Waals surface area (Å²) in [6, 6.07) is 5.42. The van der Waals surface area contributed by atoms with Crippen LogP contribution in [-0.2, 0) is 0 Å². The molecule has 1 aromatic heterocycles. The molecule has 1 aromatic rings. The second-order valence-corrected chi connectivity index (χ2v) is 4.43. The van der Waals surface area contributed by atoms with Crippen molar-refractivity contribution in [3.63, 3.8) is 0 Å². The molecule has 2 heteroatoms. The maximum Gasteiger partial charge on any atom is 0.187 e. The predicted molar refractivity (Wildman–Crippen MR) is 66.3 cm³/mol. The Balaban J connectivity index is 2.80. The third-order valence-corrected chi connectivity index (χ3v) is 2.75. The van der Waals surface area contributed by atoms with Crippen molar-refractivity contribution in [1.82, 2.24) is 4.98 Å². The SMILES string of the molecule is C/C(=C\[C@@H](C)C(=O)c1ccccn1)C(C)C. The average molecular weight is 217 g/mol. The first kappa shape index (κ1) is 12.6. The zero-order chi connectivity index (χ0) is 12.1. The zero-order valence-corrected chi connectivity index (χ0v) is 10.4. The van der Waals surface area contributed by atoms with Crippen molar-refractivity contribution >= 4 is 5.78 Å². The third kappa shape index (κ3) is 3.30. The van der Waals surface area contributed by atoms with E-state index in [-0.39, 0.29) is 11.7 Å². The standard InChI is InChI=1S/C14H19NO/c1-10(2)11(3)9-12(4)14(16)13-7-5-6-8-15-13/h5-10,12H,1-4H3/b11-9+/t12-/m1/s1. The van der Waals surface area contributed by atoms with Gasteiger partial charge in [0.25, 0.3) is 0 Å². The van der Waals surface area contributed by atoms with Crippen LogP contribution in [0.2, 0.25) is 0 Å². The van der Waals surface area contributed by atoms with Crippen LogP contribution in [0, 0.1) is 11.8 Å². The summed E-state index contributed by atoms with van der Waals surface area (Å²) in [7, 11) is 0. The number of pyridine rings is 1. The van der Waals surface area contributed by atoms with Crippen LogP contribution in [0.4, 0.5) is 0 Å². The summed E-state index contributed by atoms with van der Waals surface area (Å²) in [5.74, 6) is 0.469. The number of Topliss-reactive ketones (excluding diaryl/α,β-unsaturated/α-hetero) is 1.